The first-order valence-corrected chi connectivity index (χ1v) is 8.67. The summed E-state index contributed by atoms with van der Waals surface area (Å²) in [7, 11) is 0. The van der Waals surface area contributed by atoms with Crippen molar-refractivity contribution < 1.29 is 9.90 Å². The number of aliphatic hydroxyl groups is 1. The van der Waals surface area contributed by atoms with E-state index in [-0.39, 0.29) is 5.91 Å². The summed E-state index contributed by atoms with van der Waals surface area (Å²) < 4.78 is 0. The van der Waals surface area contributed by atoms with E-state index in [4.69, 9.17) is 0 Å². The Kier molecular flexibility index (Phi) is 5.47. The number of aromatic nitrogens is 1. The lowest BCUT2D eigenvalue weighted by atomic mass is 9.85. The van der Waals surface area contributed by atoms with E-state index >= 15 is 0 Å². The molecule has 0 bridgehead atoms. The molecule has 0 saturated heterocycles. The van der Waals surface area contributed by atoms with Crippen molar-refractivity contribution in [1.82, 2.24) is 10.3 Å². The number of benzene rings is 1. The summed E-state index contributed by atoms with van der Waals surface area (Å²) in [5, 5.41) is 13.3. The predicted octanol–water partition coefficient (Wildman–Crippen LogP) is 3.06. The van der Waals surface area contributed by atoms with Gasteiger partial charge in [0.05, 0.1) is 0 Å². The van der Waals surface area contributed by atoms with Crippen molar-refractivity contribution in [3.63, 3.8) is 0 Å². The number of pyridine rings is 1. The van der Waals surface area contributed by atoms with Crippen LogP contribution in [0.4, 0.5) is 0 Å². The predicted molar refractivity (Wildman–Crippen MR) is 96.8 cm³/mol. The second-order valence-corrected chi connectivity index (χ2v) is 6.46. The summed E-state index contributed by atoms with van der Waals surface area (Å²) in [5.41, 5.74) is 1.56. The Hall–Kier alpha value is -2.64. The number of carbonyl (C=O) groups is 1. The molecule has 1 amide bonds. The Morgan fingerprint density at radius 2 is 1.76 bits per heavy atom. The molecule has 1 aromatic heterocycles. The largest absolute Gasteiger partial charge is 0.378 e. The van der Waals surface area contributed by atoms with Crippen LogP contribution in [0.5, 0.6) is 0 Å². The average molecular weight is 334 g/mol. The maximum absolute atomic E-state index is 12.2. The first-order valence-electron chi connectivity index (χ1n) is 8.67. The van der Waals surface area contributed by atoms with Gasteiger partial charge in [-0.1, -0.05) is 18.3 Å². The van der Waals surface area contributed by atoms with E-state index in [1.165, 1.54) is 6.42 Å². The number of hydrogen-bond donors (Lipinski definition) is 2. The fourth-order valence-corrected chi connectivity index (χ4v) is 2.94. The maximum atomic E-state index is 12.2. The summed E-state index contributed by atoms with van der Waals surface area (Å²) in [6.07, 6.45) is 8.13. The smallest absolute Gasteiger partial charge is 0.251 e. The van der Waals surface area contributed by atoms with Crippen LogP contribution in [-0.4, -0.2) is 21.6 Å². The van der Waals surface area contributed by atoms with Gasteiger partial charge in [-0.3, -0.25) is 9.78 Å². The van der Waals surface area contributed by atoms with Crippen molar-refractivity contribution in [2.24, 2.45) is 0 Å². The normalized spacial score (nSPS) is 15.7. The summed E-state index contributed by atoms with van der Waals surface area (Å²) in [6, 6.07) is 10.9. The van der Waals surface area contributed by atoms with E-state index in [1.54, 1.807) is 24.5 Å². The van der Waals surface area contributed by atoms with Crippen LogP contribution in [0.25, 0.3) is 0 Å². The molecule has 1 aliphatic rings. The number of carbonyl (C=O) groups excluding carboxylic acids is 1. The van der Waals surface area contributed by atoms with Crippen LogP contribution in [0.2, 0.25) is 0 Å². The van der Waals surface area contributed by atoms with Crippen molar-refractivity contribution in [1.29, 1.82) is 0 Å². The van der Waals surface area contributed by atoms with Crippen LogP contribution in [-0.2, 0) is 6.54 Å². The van der Waals surface area contributed by atoms with Crippen molar-refractivity contribution in [3.8, 4) is 11.8 Å². The number of hydrogen-bond acceptors (Lipinski definition) is 3. The summed E-state index contributed by atoms with van der Waals surface area (Å²) in [6.45, 7) is 0.468. The van der Waals surface area contributed by atoms with E-state index in [0.29, 0.717) is 12.1 Å². The number of rotatable bonds is 3. The molecular formula is C21H22N2O2. The Morgan fingerprint density at radius 3 is 2.44 bits per heavy atom. The lowest BCUT2D eigenvalue weighted by Crippen LogP contribution is -2.29. The molecule has 4 nitrogen and oxygen atoms in total. The summed E-state index contributed by atoms with van der Waals surface area (Å²) in [4.78, 5) is 16.1. The minimum Gasteiger partial charge on any atom is -0.378 e. The molecule has 1 fully saturated rings. The highest BCUT2D eigenvalue weighted by atomic mass is 16.3. The zero-order chi connectivity index (χ0) is 17.5. The Morgan fingerprint density at radius 1 is 1.08 bits per heavy atom. The Balaban J connectivity index is 1.59. The van der Waals surface area contributed by atoms with Gasteiger partial charge in [-0.15, -0.1) is 0 Å². The number of amides is 1. The van der Waals surface area contributed by atoms with Crippen LogP contribution >= 0.6 is 0 Å². The standard InChI is InChI=1S/C21H22N2O2/c24-20(23-16-18-9-14-22-15-10-18)19-6-4-17(5-7-19)8-13-21(25)11-2-1-3-12-21/h4-7,9-10,14-15,25H,1-3,11-12,16H2,(H,23,24). The van der Waals surface area contributed by atoms with Gasteiger partial charge in [-0.25, -0.2) is 0 Å². The van der Waals surface area contributed by atoms with Crippen molar-refractivity contribution in [2.45, 2.75) is 44.2 Å². The highest BCUT2D eigenvalue weighted by Gasteiger charge is 2.26. The zero-order valence-electron chi connectivity index (χ0n) is 14.2. The summed E-state index contributed by atoms with van der Waals surface area (Å²) in [5.74, 6) is 5.93. The minimum atomic E-state index is -0.848. The SMILES string of the molecule is O=C(NCc1ccncc1)c1ccc(C#CC2(O)CCCCC2)cc1. The van der Waals surface area contributed by atoms with Gasteiger partial charge >= 0.3 is 0 Å². The van der Waals surface area contributed by atoms with E-state index in [9.17, 15) is 9.90 Å². The molecule has 2 N–H and O–H groups in total. The monoisotopic (exact) mass is 334 g/mol. The van der Waals surface area contributed by atoms with Crippen LogP contribution in [0, 0.1) is 11.8 Å². The quantitative estimate of drug-likeness (QED) is 0.848. The summed E-state index contributed by atoms with van der Waals surface area (Å²) >= 11 is 0. The molecule has 0 unspecified atom stereocenters. The molecule has 25 heavy (non-hydrogen) atoms. The molecule has 4 heteroatoms. The van der Waals surface area contributed by atoms with E-state index in [1.807, 2.05) is 24.3 Å². The molecule has 3 rings (SSSR count). The van der Waals surface area contributed by atoms with Crippen LogP contribution in [0.3, 0.4) is 0 Å². The van der Waals surface area contributed by atoms with Crippen LogP contribution < -0.4 is 5.32 Å². The molecule has 1 heterocycles. The molecule has 0 radical (unpaired) electrons. The molecule has 2 aromatic rings. The van der Waals surface area contributed by atoms with Crippen molar-refractivity contribution >= 4 is 5.91 Å². The van der Waals surface area contributed by atoms with Crippen molar-refractivity contribution in [3.05, 3.63) is 65.5 Å². The van der Waals surface area contributed by atoms with Gasteiger partial charge in [0.2, 0.25) is 0 Å². The third-order valence-electron chi connectivity index (χ3n) is 4.47. The fraction of sp³-hybridized carbons (Fsp3) is 0.333. The number of nitrogens with zero attached hydrogens (tertiary/aromatic N) is 1. The molecular weight excluding hydrogens is 312 g/mol. The topological polar surface area (TPSA) is 62.2 Å². The van der Waals surface area contributed by atoms with Gasteiger partial charge in [0, 0.05) is 30.1 Å². The average Bonchev–Trinajstić information content (AvgIpc) is 2.66. The fourth-order valence-electron chi connectivity index (χ4n) is 2.94. The molecule has 0 spiro atoms. The second kappa shape index (κ2) is 7.96. The first-order chi connectivity index (χ1) is 12.1. The van der Waals surface area contributed by atoms with Crippen LogP contribution in [0.1, 0.15) is 53.6 Å². The lowest BCUT2D eigenvalue weighted by Gasteiger charge is -2.26. The van der Waals surface area contributed by atoms with Gasteiger partial charge in [0.25, 0.3) is 5.91 Å². The van der Waals surface area contributed by atoms with Gasteiger partial charge in [-0.2, -0.15) is 0 Å². The van der Waals surface area contributed by atoms with Gasteiger partial charge < -0.3 is 10.4 Å². The molecule has 1 saturated carbocycles. The minimum absolute atomic E-state index is 0.123. The van der Waals surface area contributed by atoms with E-state index < -0.39 is 5.60 Å². The third-order valence-corrected chi connectivity index (χ3v) is 4.47. The molecule has 0 atom stereocenters. The van der Waals surface area contributed by atoms with Gasteiger partial charge in [0.15, 0.2) is 0 Å². The number of nitrogens with one attached hydrogen (secondary N) is 1. The van der Waals surface area contributed by atoms with Gasteiger partial charge in [0.1, 0.15) is 5.60 Å². The molecule has 128 valence electrons. The Labute approximate surface area is 148 Å². The van der Waals surface area contributed by atoms with Crippen molar-refractivity contribution in [2.75, 3.05) is 0 Å². The Bertz CT molecular complexity index is 767. The highest BCUT2D eigenvalue weighted by Crippen LogP contribution is 2.27. The van der Waals surface area contributed by atoms with E-state index in [0.717, 1.165) is 36.8 Å². The molecule has 1 aromatic carbocycles. The first kappa shape index (κ1) is 17.2. The molecule has 1 aliphatic carbocycles. The van der Waals surface area contributed by atoms with E-state index in [2.05, 4.69) is 22.1 Å². The van der Waals surface area contributed by atoms with Crippen LogP contribution in [0.15, 0.2) is 48.8 Å². The molecule has 0 aliphatic heterocycles. The lowest BCUT2D eigenvalue weighted by molar-refractivity contribution is 0.0610. The van der Waals surface area contributed by atoms with Gasteiger partial charge in [-0.05, 0) is 67.6 Å². The highest BCUT2D eigenvalue weighted by molar-refractivity contribution is 5.94. The second-order valence-electron chi connectivity index (χ2n) is 6.46. The zero-order valence-corrected chi connectivity index (χ0v) is 14.2. The third kappa shape index (κ3) is 4.91. The maximum Gasteiger partial charge on any atom is 0.251 e.